The summed E-state index contributed by atoms with van der Waals surface area (Å²) in [6.45, 7) is 7.79. The van der Waals surface area contributed by atoms with Gasteiger partial charge in [0.25, 0.3) is 0 Å². The molecular formula is C15H27ClN2O3S. The van der Waals surface area contributed by atoms with Crippen LogP contribution in [0.3, 0.4) is 0 Å². The predicted molar refractivity (Wildman–Crippen MR) is 92.4 cm³/mol. The van der Waals surface area contributed by atoms with Crippen molar-refractivity contribution in [2.45, 2.75) is 51.0 Å². The molecule has 0 spiro atoms. The third-order valence-electron chi connectivity index (χ3n) is 3.97. The van der Waals surface area contributed by atoms with Crippen LogP contribution in [-0.2, 0) is 10.0 Å². The second-order valence-electron chi connectivity index (χ2n) is 5.41. The van der Waals surface area contributed by atoms with E-state index in [-0.39, 0.29) is 23.8 Å². The van der Waals surface area contributed by atoms with Crippen LogP contribution in [-0.4, -0.2) is 27.6 Å². The number of ether oxygens (including phenoxy) is 1. The van der Waals surface area contributed by atoms with Gasteiger partial charge in [-0.15, -0.1) is 12.4 Å². The number of nitrogens with two attached hydrogens (primary N) is 1. The molecule has 0 aromatic heterocycles. The molecular weight excluding hydrogens is 324 g/mol. The predicted octanol–water partition coefficient (Wildman–Crippen LogP) is 2.53. The number of halogens is 1. The van der Waals surface area contributed by atoms with Gasteiger partial charge >= 0.3 is 0 Å². The highest BCUT2D eigenvalue weighted by Gasteiger charge is 2.33. The van der Waals surface area contributed by atoms with Crippen LogP contribution in [0.15, 0.2) is 17.0 Å². The second-order valence-corrected chi connectivity index (χ2v) is 7.03. The minimum absolute atomic E-state index is 0. The van der Waals surface area contributed by atoms with E-state index in [4.69, 9.17) is 10.5 Å². The van der Waals surface area contributed by atoms with Gasteiger partial charge in [0.1, 0.15) is 10.6 Å². The Hall–Kier alpha value is -0.820. The Bertz CT molecular complexity index is 591. The van der Waals surface area contributed by atoms with E-state index < -0.39 is 15.6 Å². The van der Waals surface area contributed by atoms with E-state index in [1.807, 2.05) is 26.8 Å². The molecule has 0 unspecified atom stereocenters. The van der Waals surface area contributed by atoms with E-state index in [1.165, 1.54) is 7.11 Å². The minimum Gasteiger partial charge on any atom is -0.495 e. The zero-order valence-electron chi connectivity index (χ0n) is 13.9. The summed E-state index contributed by atoms with van der Waals surface area (Å²) in [6.07, 6.45) is 1.26. The maximum atomic E-state index is 12.8. The Balaban J connectivity index is 0.00000441. The first-order chi connectivity index (χ1) is 9.75. The molecule has 0 atom stereocenters. The Kier molecular flexibility index (Phi) is 7.85. The van der Waals surface area contributed by atoms with Crippen LogP contribution in [0.1, 0.15) is 37.8 Å². The molecule has 22 heavy (non-hydrogen) atoms. The highest BCUT2D eigenvalue weighted by atomic mass is 35.5. The number of nitrogens with one attached hydrogen (secondary N) is 1. The summed E-state index contributed by atoms with van der Waals surface area (Å²) in [7, 11) is -2.22. The number of sulfonamides is 1. The molecule has 1 rings (SSSR count). The van der Waals surface area contributed by atoms with Crippen LogP contribution in [0.4, 0.5) is 0 Å². The van der Waals surface area contributed by atoms with Crippen LogP contribution in [0, 0.1) is 13.8 Å². The van der Waals surface area contributed by atoms with Gasteiger partial charge in [0.2, 0.25) is 10.0 Å². The molecule has 0 heterocycles. The van der Waals surface area contributed by atoms with Gasteiger partial charge in [0.05, 0.1) is 7.11 Å². The van der Waals surface area contributed by atoms with Crippen LogP contribution in [0.25, 0.3) is 0 Å². The van der Waals surface area contributed by atoms with Gasteiger partial charge in [-0.25, -0.2) is 13.1 Å². The molecule has 0 saturated heterocycles. The number of hydrogen-bond acceptors (Lipinski definition) is 4. The smallest absolute Gasteiger partial charge is 0.245 e. The van der Waals surface area contributed by atoms with Crippen LogP contribution in [0.5, 0.6) is 5.75 Å². The lowest BCUT2D eigenvalue weighted by Crippen LogP contribution is -2.52. The van der Waals surface area contributed by atoms with Gasteiger partial charge in [-0.3, -0.25) is 0 Å². The molecule has 0 fully saturated rings. The number of hydrogen-bond donors (Lipinski definition) is 2. The van der Waals surface area contributed by atoms with E-state index >= 15 is 0 Å². The summed E-state index contributed by atoms with van der Waals surface area (Å²) in [5, 5.41) is 0. The number of methoxy groups -OCH3 is 1. The Morgan fingerprint density at radius 1 is 1.23 bits per heavy atom. The first-order valence-corrected chi connectivity index (χ1v) is 8.62. The molecule has 0 amide bonds. The van der Waals surface area contributed by atoms with E-state index in [1.54, 1.807) is 13.0 Å². The van der Waals surface area contributed by atoms with Crippen molar-refractivity contribution in [1.82, 2.24) is 4.72 Å². The Morgan fingerprint density at radius 2 is 1.77 bits per heavy atom. The zero-order valence-corrected chi connectivity index (χ0v) is 15.5. The molecule has 7 heteroatoms. The summed E-state index contributed by atoms with van der Waals surface area (Å²) in [5.74, 6) is 0.359. The largest absolute Gasteiger partial charge is 0.495 e. The topological polar surface area (TPSA) is 81.4 Å². The van der Waals surface area contributed by atoms with Crippen LogP contribution < -0.4 is 15.2 Å². The fourth-order valence-electron chi connectivity index (χ4n) is 2.47. The average molecular weight is 351 g/mol. The molecule has 1 aromatic carbocycles. The molecule has 0 aliphatic rings. The van der Waals surface area contributed by atoms with Crippen molar-refractivity contribution in [2.24, 2.45) is 5.73 Å². The highest BCUT2D eigenvalue weighted by Crippen LogP contribution is 2.30. The van der Waals surface area contributed by atoms with Crippen LogP contribution >= 0.6 is 12.4 Å². The number of aryl methyl sites for hydroxylation is 2. The van der Waals surface area contributed by atoms with Crippen molar-refractivity contribution in [3.8, 4) is 5.75 Å². The van der Waals surface area contributed by atoms with Crippen LogP contribution in [0.2, 0.25) is 0 Å². The summed E-state index contributed by atoms with van der Waals surface area (Å²) in [5.41, 5.74) is 6.79. The molecule has 0 bridgehead atoms. The molecule has 128 valence electrons. The fourth-order valence-corrected chi connectivity index (χ4v) is 4.41. The molecule has 0 saturated carbocycles. The van der Waals surface area contributed by atoms with E-state index in [2.05, 4.69) is 4.72 Å². The van der Waals surface area contributed by atoms with Gasteiger partial charge in [0, 0.05) is 12.1 Å². The Morgan fingerprint density at radius 3 is 2.18 bits per heavy atom. The maximum absolute atomic E-state index is 12.8. The van der Waals surface area contributed by atoms with Crippen molar-refractivity contribution in [2.75, 3.05) is 13.7 Å². The summed E-state index contributed by atoms with van der Waals surface area (Å²) in [6, 6.07) is 3.56. The standard InChI is InChI=1S/C15H26N2O3S.ClH/c1-6-15(7-2,10-16)17-21(18,19)14-12(4)8-11(3)9-13(14)20-5;/h8-9,17H,6-7,10,16H2,1-5H3;1H. The van der Waals surface area contributed by atoms with Crippen molar-refractivity contribution >= 4 is 22.4 Å². The average Bonchev–Trinajstić information content (AvgIpc) is 2.43. The summed E-state index contributed by atoms with van der Waals surface area (Å²) in [4.78, 5) is 0.190. The minimum atomic E-state index is -3.70. The van der Waals surface area contributed by atoms with Gasteiger partial charge < -0.3 is 10.5 Å². The van der Waals surface area contributed by atoms with Crippen molar-refractivity contribution in [1.29, 1.82) is 0 Å². The van der Waals surface area contributed by atoms with Crippen molar-refractivity contribution in [3.05, 3.63) is 23.3 Å². The summed E-state index contributed by atoms with van der Waals surface area (Å²) >= 11 is 0. The van der Waals surface area contributed by atoms with E-state index in [0.717, 1.165) is 5.56 Å². The van der Waals surface area contributed by atoms with Crippen molar-refractivity contribution in [3.63, 3.8) is 0 Å². The normalized spacial score (nSPS) is 11.9. The first-order valence-electron chi connectivity index (χ1n) is 7.14. The molecule has 0 aliphatic heterocycles. The van der Waals surface area contributed by atoms with Gasteiger partial charge in [0.15, 0.2) is 0 Å². The lowest BCUT2D eigenvalue weighted by atomic mass is 9.95. The Labute approximate surface area is 140 Å². The van der Waals surface area contributed by atoms with Gasteiger partial charge in [-0.1, -0.05) is 19.9 Å². The molecule has 0 radical (unpaired) electrons. The number of rotatable bonds is 7. The van der Waals surface area contributed by atoms with Gasteiger partial charge in [-0.2, -0.15) is 0 Å². The quantitative estimate of drug-likeness (QED) is 0.791. The van der Waals surface area contributed by atoms with E-state index in [9.17, 15) is 8.42 Å². The third-order valence-corrected chi connectivity index (χ3v) is 5.73. The molecule has 1 aromatic rings. The SMILES string of the molecule is CCC(CC)(CN)NS(=O)(=O)c1c(C)cc(C)cc1OC.Cl. The monoisotopic (exact) mass is 350 g/mol. The first kappa shape index (κ1) is 21.2. The molecule has 0 aliphatic carbocycles. The zero-order chi connectivity index (χ0) is 16.3. The van der Waals surface area contributed by atoms with Crippen molar-refractivity contribution < 1.29 is 13.2 Å². The lowest BCUT2D eigenvalue weighted by Gasteiger charge is -2.31. The molecule has 3 N–H and O–H groups in total. The summed E-state index contributed by atoms with van der Waals surface area (Å²) < 4.78 is 33.6. The lowest BCUT2D eigenvalue weighted by molar-refractivity contribution is 0.360. The van der Waals surface area contributed by atoms with Gasteiger partial charge in [-0.05, 0) is 43.9 Å². The fraction of sp³-hybridized carbons (Fsp3) is 0.600. The highest BCUT2D eigenvalue weighted by molar-refractivity contribution is 7.89. The second kappa shape index (κ2) is 8.15. The number of benzene rings is 1. The maximum Gasteiger partial charge on any atom is 0.245 e. The third kappa shape index (κ3) is 4.35. The van der Waals surface area contributed by atoms with E-state index in [0.29, 0.717) is 24.2 Å². The molecule has 5 nitrogen and oxygen atoms in total.